The number of nitrogens with zero attached hydrogens (tertiary/aromatic N) is 3. The Balaban J connectivity index is 1.35. The van der Waals surface area contributed by atoms with Crippen molar-refractivity contribution in [1.29, 1.82) is 0 Å². The molecule has 0 unspecified atom stereocenters. The summed E-state index contributed by atoms with van der Waals surface area (Å²) in [5.74, 6) is 3.30. The normalized spacial score (nSPS) is 18.2. The number of piperidine rings is 1. The summed E-state index contributed by atoms with van der Waals surface area (Å²) in [5.41, 5.74) is 1.04. The number of methoxy groups -OCH3 is 2. The third-order valence-corrected chi connectivity index (χ3v) is 5.65. The average Bonchev–Trinajstić information content (AvgIpc) is 3.39. The van der Waals surface area contributed by atoms with E-state index in [2.05, 4.69) is 14.6 Å². The lowest BCUT2D eigenvalue weighted by atomic mass is 10.0. The van der Waals surface area contributed by atoms with Crippen LogP contribution < -0.4 is 19.7 Å². The van der Waals surface area contributed by atoms with Crippen LogP contribution in [0, 0.1) is 0 Å². The van der Waals surface area contributed by atoms with Crippen LogP contribution in [0.1, 0.15) is 37.4 Å². The Labute approximate surface area is 152 Å². The summed E-state index contributed by atoms with van der Waals surface area (Å²) in [6.07, 6.45) is 4.67. The summed E-state index contributed by atoms with van der Waals surface area (Å²) in [6, 6.07) is 6.37. The van der Waals surface area contributed by atoms with Gasteiger partial charge in [-0.1, -0.05) is 0 Å². The van der Waals surface area contributed by atoms with Gasteiger partial charge in [0.1, 0.15) is 17.3 Å². The second-order valence-electron chi connectivity index (χ2n) is 6.72. The Kier molecular flexibility index (Phi) is 4.65. The minimum atomic E-state index is 0.448. The van der Waals surface area contributed by atoms with Gasteiger partial charge in [-0.25, -0.2) is 4.98 Å². The van der Waals surface area contributed by atoms with E-state index in [0.29, 0.717) is 12.0 Å². The van der Waals surface area contributed by atoms with Gasteiger partial charge in [0.2, 0.25) is 5.13 Å². The third-order valence-electron chi connectivity index (χ3n) is 4.86. The maximum absolute atomic E-state index is 5.35. The fraction of sp³-hybridized carbons (Fsp3) is 0.556. The van der Waals surface area contributed by atoms with Gasteiger partial charge < -0.3 is 19.7 Å². The number of aromatic nitrogens is 2. The van der Waals surface area contributed by atoms with E-state index in [0.717, 1.165) is 54.1 Å². The van der Waals surface area contributed by atoms with Crippen molar-refractivity contribution >= 4 is 22.4 Å². The van der Waals surface area contributed by atoms with E-state index in [1.54, 1.807) is 25.8 Å². The topological polar surface area (TPSA) is 59.5 Å². The Morgan fingerprint density at radius 1 is 1.04 bits per heavy atom. The molecular weight excluding hydrogens is 336 g/mol. The quantitative estimate of drug-likeness (QED) is 0.851. The summed E-state index contributed by atoms with van der Waals surface area (Å²) in [6.45, 7) is 2.02. The highest BCUT2D eigenvalue weighted by molar-refractivity contribution is 7.09. The number of anilines is 2. The highest BCUT2D eigenvalue weighted by Gasteiger charge is 2.29. The molecule has 7 heteroatoms. The second kappa shape index (κ2) is 7.07. The van der Waals surface area contributed by atoms with Crippen LogP contribution in [0.5, 0.6) is 11.5 Å². The Morgan fingerprint density at radius 2 is 1.72 bits per heavy atom. The Hall–Kier alpha value is -2.02. The van der Waals surface area contributed by atoms with Crippen molar-refractivity contribution in [3.8, 4) is 11.5 Å². The summed E-state index contributed by atoms with van der Waals surface area (Å²) >= 11 is 1.55. The minimum Gasteiger partial charge on any atom is -0.497 e. The monoisotopic (exact) mass is 360 g/mol. The van der Waals surface area contributed by atoms with Crippen molar-refractivity contribution in [3.05, 3.63) is 24.0 Å². The molecule has 1 saturated carbocycles. The average molecular weight is 360 g/mol. The van der Waals surface area contributed by atoms with Gasteiger partial charge in [0, 0.05) is 60.5 Å². The molecule has 1 aromatic heterocycles. The first-order valence-corrected chi connectivity index (χ1v) is 9.60. The van der Waals surface area contributed by atoms with Crippen LogP contribution in [0.25, 0.3) is 0 Å². The number of nitrogens with one attached hydrogen (secondary N) is 1. The zero-order valence-electron chi connectivity index (χ0n) is 14.7. The molecule has 0 bridgehead atoms. The van der Waals surface area contributed by atoms with Gasteiger partial charge in [-0.2, -0.15) is 4.37 Å². The molecule has 1 N–H and O–H groups in total. The van der Waals surface area contributed by atoms with Crippen molar-refractivity contribution in [3.63, 3.8) is 0 Å². The zero-order valence-corrected chi connectivity index (χ0v) is 15.5. The van der Waals surface area contributed by atoms with Gasteiger partial charge in [-0.15, -0.1) is 0 Å². The van der Waals surface area contributed by atoms with Crippen LogP contribution in [-0.4, -0.2) is 42.7 Å². The Morgan fingerprint density at radius 3 is 2.32 bits per heavy atom. The SMILES string of the molecule is COc1cc(NC2CCN(c3nc(C4CC4)ns3)CC2)cc(OC)c1. The minimum absolute atomic E-state index is 0.448. The Bertz CT molecular complexity index is 701. The maximum atomic E-state index is 5.35. The standard InChI is InChI=1S/C18H24N4O2S/c1-23-15-9-14(10-16(11-15)24-2)19-13-5-7-22(8-6-13)18-20-17(21-25-18)12-3-4-12/h9-13,19H,3-8H2,1-2H3. The van der Waals surface area contributed by atoms with E-state index in [1.807, 2.05) is 18.2 Å². The molecule has 4 rings (SSSR count). The van der Waals surface area contributed by atoms with Gasteiger partial charge in [-0.3, -0.25) is 0 Å². The molecule has 2 fully saturated rings. The molecule has 0 atom stereocenters. The van der Waals surface area contributed by atoms with Crippen LogP contribution in [0.15, 0.2) is 18.2 Å². The maximum Gasteiger partial charge on any atom is 0.205 e. The van der Waals surface area contributed by atoms with Gasteiger partial charge in [-0.05, 0) is 25.7 Å². The molecule has 0 radical (unpaired) electrons. The molecule has 2 aliphatic rings. The predicted octanol–water partition coefficient (Wildman–Crippen LogP) is 3.51. The first kappa shape index (κ1) is 16.4. The van der Waals surface area contributed by atoms with Crippen molar-refractivity contribution in [2.24, 2.45) is 0 Å². The van der Waals surface area contributed by atoms with Crippen LogP contribution >= 0.6 is 11.5 Å². The fourth-order valence-electron chi connectivity index (χ4n) is 3.20. The molecule has 1 aliphatic heterocycles. The summed E-state index contributed by atoms with van der Waals surface area (Å²) in [7, 11) is 3.35. The second-order valence-corrected chi connectivity index (χ2v) is 7.45. The van der Waals surface area contributed by atoms with Gasteiger partial charge in [0.15, 0.2) is 0 Å². The molecule has 25 heavy (non-hydrogen) atoms. The van der Waals surface area contributed by atoms with Crippen LogP contribution in [0.4, 0.5) is 10.8 Å². The number of hydrogen-bond donors (Lipinski definition) is 1. The molecule has 6 nitrogen and oxygen atoms in total. The molecule has 0 spiro atoms. The number of benzene rings is 1. The lowest BCUT2D eigenvalue weighted by Crippen LogP contribution is -2.39. The van der Waals surface area contributed by atoms with E-state index in [1.165, 1.54) is 12.8 Å². The van der Waals surface area contributed by atoms with Crippen molar-refractivity contribution in [2.75, 3.05) is 37.5 Å². The summed E-state index contributed by atoms with van der Waals surface area (Å²) < 4.78 is 15.2. The van der Waals surface area contributed by atoms with E-state index < -0.39 is 0 Å². The highest BCUT2D eigenvalue weighted by atomic mass is 32.1. The molecule has 134 valence electrons. The van der Waals surface area contributed by atoms with Crippen molar-refractivity contribution < 1.29 is 9.47 Å². The number of rotatable bonds is 6. The highest BCUT2D eigenvalue weighted by Crippen LogP contribution is 2.40. The first-order valence-electron chi connectivity index (χ1n) is 8.83. The summed E-state index contributed by atoms with van der Waals surface area (Å²) in [5, 5.41) is 4.70. The molecule has 1 saturated heterocycles. The lowest BCUT2D eigenvalue weighted by Gasteiger charge is -2.32. The number of ether oxygens (including phenoxy) is 2. The van der Waals surface area contributed by atoms with Gasteiger partial charge >= 0.3 is 0 Å². The van der Waals surface area contributed by atoms with E-state index in [-0.39, 0.29) is 0 Å². The molecule has 2 aromatic rings. The molecule has 0 amide bonds. The fourth-order valence-corrected chi connectivity index (χ4v) is 4.00. The molecule has 1 aromatic carbocycles. The smallest absolute Gasteiger partial charge is 0.205 e. The molecular formula is C18H24N4O2S. The van der Waals surface area contributed by atoms with Crippen LogP contribution in [0.3, 0.4) is 0 Å². The summed E-state index contributed by atoms with van der Waals surface area (Å²) in [4.78, 5) is 7.10. The number of hydrogen-bond acceptors (Lipinski definition) is 7. The van der Waals surface area contributed by atoms with Gasteiger partial charge in [0.25, 0.3) is 0 Å². The van der Waals surface area contributed by atoms with Crippen molar-refractivity contribution in [1.82, 2.24) is 9.36 Å². The zero-order chi connectivity index (χ0) is 17.2. The first-order chi connectivity index (χ1) is 12.2. The molecule has 2 heterocycles. The third kappa shape index (κ3) is 3.81. The van der Waals surface area contributed by atoms with E-state index in [4.69, 9.17) is 14.5 Å². The predicted molar refractivity (Wildman–Crippen MR) is 100 cm³/mol. The lowest BCUT2D eigenvalue weighted by molar-refractivity contribution is 0.394. The van der Waals surface area contributed by atoms with E-state index in [9.17, 15) is 0 Å². The van der Waals surface area contributed by atoms with Crippen molar-refractivity contribution in [2.45, 2.75) is 37.6 Å². The van der Waals surface area contributed by atoms with Gasteiger partial charge in [0.05, 0.1) is 14.2 Å². The van der Waals surface area contributed by atoms with Crippen LogP contribution in [0.2, 0.25) is 0 Å². The van der Waals surface area contributed by atoms with E-state index >= 15 is 0 Å². The largest absolute Gasteiger partial charge is 0.497 e. The van der Waals surface area contributed by atoms with Crippen LogP contribution in [-0.2, 0) is 0 Å². The molecule has 1 aliphatic carbocycles.